The van der Waals surface area contributed by atoms with Crippen molar-refractivity contribution in [3.63, 3.8) is 0 Å². The van der Waals surface area contributed by atoms with E-state index in [2.05, 4.69) is 10.5 Å². The SMILES string of the molecule is O=C(O)c1noc(-c2cc(Cl)c(OCc3ccccc3)cc2OCc2ccccc2)c1NC(=O)C12CC3CC(CC(C3)C1)C2. The zero-order chi connectivity index (χ0) is 30.3. The number of hydrogen-bond donors (Lipinski definition) is 2. The van der Waals surface area contributed by atoms with Crippen LogP contribution in [-0.4, -0.2) is 22.1 Å². The third kappa shape index (κ3) is 5.54. The van der Waals surface area contributed by atoms with E-state index in [-0.39, 0.29) is 41.3 Å². The molecule has 4 aromatic rings. The van der Waals surface area contributed by atoms with E-state index in [9.17, 15) is 14.7 Å². The molecule has 2 N–H and O–H groups in total. The molecule has 9 heteroatoms. The van der Waals surface area contributed by atoms with Crippen molar-refractivity contribution in [2.75, 3.05) is 5.32 Å². The van der Waals surface area contributed by atoms with Crippen molar-refractivity contribution in [3.8, 4) is 22.8 Å². The lowest BCUT2D eigenvalue weighted by molar-refractivity contribution is -0.140. The first-order valence-corrected chi connectivity index (χ1v) is 15.5. The van der Waals surface area contributed by atoms with Crippen LogP contribution in [0.1, 0.15) is 60.1 Å². The van der Waals surface area contributed by atoms with Crippen LogP contribution in [0.25, 0.3) is 11.3 Å². The molecule has 4 aliphatic carbocycles. The minimum absolute atomic E-state index is 0.0110. The topological polar surface area (TPSA) is 111 Å². The van der Waals surface area contributed by atoms with Crippen molar-refractivity contribution < 1.29 is 28.7 Å². The normalized spacial score (nSPS) is 23.3. The molecule has 4 bridgehead atoms. The van der Waals surface area contributed by atoms with E-state index in [1.54, 1.807) is 12.1 Å². The molecule has 4 aliphatic rings. The highest BCUT2D eigenvalue weighted by atomic mass is 35.5. The predicted molar refractivity (Wildman–Crippen MR) is 165 cm³/mol. The first-order valence-electron chi connectivity index (χ1n) is 15.1. The lowest BCUT2D eigenvalue weighted by atomic mass is 9.49. The predicted octanol–water partition coefficient (Wildman–Crippen LogP) is 8.01. The lowest BCUT2D eigenvalue weighted by Gasteiger charge is -2.55. The van der Waals surface area contributed by atoms with Crippen LogP contribution in [0.3, 0.4) is 0 Å². The summed E-state index contributed by atoms with van der Waals surface area (Å²) in [5.74, 6) is 0.985. The van der Waals surface area contributed by atoms with Gasteiger partial charge < -0.3 is 24.4 Å². The Balaban J connectivity index is 1.24. The number of carbonyl (C=O) groups excluding carboxylic acids is 1. The average molecular weight is 613 g/mol. The van der Waals surface area contributed by atoms with Crippen molar-refractivity contribution in [1.29, 1.82) is 0 Å². The molecule has 0 unspecified atom stereocenters. The number of anilines is 1. The Kier molecular flexibility index (Phi) is 7.54. The van der Waals surface area contributed by atoms with Gasteiger partial charge in [0.1, 0.15) is 30.4 Å². The van der Waals surface area contributed by atoms with Gasteiger partial charge in [-0.1, -0.05) is 77.4 Å². The number of halogens is 1. The van der Waals surface area contributed by atoms with Crippen LogP contribution < -0.4 is 14.8 Å². The van der Waals surface area contributed by atoms with Crippen LogP contribution >= 0.6 is 11.6 Å². The summed E-state index contributed by atoms with van der Waals surface area (Å²) in [6, 6.07) is 22.6. The van der Waals surface area contributed by atoms with E-state index in [0.717, 1.165) is 30.4 Å². The molecule has 4 saturated carbocycles. The highest BCUT2D eigenvalue weighted by Crippen LogP contribution is 2.60. The standard InChI is InChI=1S/C35H33ClN2O6/c36-27-14-26(28(42-19-21-7-3-1-4-8-21)15-29(27)43-20-22-9-5-2-6-10-22)32-30(31(33(39)40)38-44-32)37-34(41)35-16-23-11-24(17-35)13-25(12-23)18-35/h1-10,14-15,23-25H,11-13,16-20H2,(H,37,41)(H,39,40). The number of nitrogens with zero attached hydrogens (tertiary/aromatic N) is 1. The number of carbonyl (C=O) groups is 2. The summed E-state index contributed by atoms with van der Waals surface area (Å²) in [4.78, 5) is 26.3. The maximum atomic E-state index is 14.0. The number of aromatic nitrogens is 1. The molecule has 1 aromatic heterocycles. The Morgan fingerprint density at radius 3 is 1.95 bits per heavy atom. The van der Waals surface area contributed by atoms with Crippen LogP contribution in [0.15, 0.2) is 77.3 Å². The van der Waals surface area contributed by atoms with E-state index >= 15 is 0 Å². The molecular weight excluding hydrogens is 580 g/mol. The van der Waals surface area contributed by atoms with Gasteiger partial charge in [0.05, 0.1) is 16.0 Å². The second-order valence-electron chi connectivity index (χ2n) is 12.5. The molecule has 3 aromatic carbocycles. The molecule has 0 saturated heterocycles. The first kappa shape index (κ1) is 28.5. The summed E-state index contributed by atoms with van der Waals surface area (Å²) in [7, 11) is 0. The summed E-state index contributed by atoms with van der Waals surface area (Å²) in [6.45, 7) is 0.512. The second-order valence-corrected chi connectivity index (χ2v) is 12.9. The van der Waals surface area contributed by atoms with Crippen LogP contribution in [-0.2, 0) is 18.0 Å². The molecule has 1 amide bonds. The van der Waals surface area contributed by atoms with Gasteiger partial charge in [0, 0.05) is 6.07 Å². The van der Waals surface area contributed by atoms with Crippen LogP contribution in [0.5, 0.6) is 11.5 Å². The fourth-order valence-electron chi connectivity index (χ4n) is 7.78. The largest absolute Gasteiger partial charge is 0.488 e. The van der Waals surface area contributed by atoms with Gasteiger partial charge in [0.2, 0.25) is 11.6 Å². The molecule has 4 fully saturated rings. The van der Waals surface area contributed by atoms with Crippen molar-refractivity contribution in [1.82, 2.24) is 5.16 Å². The Morgan fingerprint density at radius 1 is 0.864 bits per heavy atom. The minimum Gasteiger partial charge on any atom is -0.488 e. The highest BCUT2D eigenvalue weighted by molar-refractivity contribution is 6.32. The summed E-state index contributed by atoms with van der Waals surface area (Å²) in [6.07, 6.45) is 6.05. The number of carboxylic acids is 1. The van der Waals surface area contributed by atoms with E-state index in [1.165, 1.54) is 19.3 Å². The molecule has 0 atom stereocenters. The highest BCUT2D eigenvalue weighted by Gasteiger charge is 2.55. The van der Waals surface area contributed by atoms with Crippen molar-refractivity contribution >= 4 is 29.2 Å². The van der Waals surface area contributed by atoms with Gasteiger partial charge in [-0.2, -0.15) is 0 Å². The van der Waals surface area contributed by atoms with Crippen LogP contribution in [0.4, 0.5) is 5.69 Å². The Labute approximate surface area is 260 Å². The number of aromatic carboxylic acids is 1. The van der Waals surface area contributed by atoms with Gasteiger partial charge >= 0.3 is 5.97 Å². The molecular formula is C35H33ClN2O6. The number of carboxylic acid groups (broad SMARTS) is 1. The number of ether oxygens (including phenoxy) is 2. The Bertz CT molecular complexity index is 1650. The van der Waals surface area contributed by atoms with Crippen molar-refractivity contribution in [2.45, 2.75) is 51.7 Å². The molecule has 8 nitrogen and oxygen atoms in total. The van der Waals surface area contributed by atoms with Crippen LogP contribution in [0.2, 0.25) is 5.02 Å². The van der Waals surface area contributed by atoms with Gasteiger partial charge in [-0.25, -0.2) is 4.79 Å². The number of nitrogens with one attached hydrogen (secondary N) is 1. The summed E-state index contributed by atoms with van der Waals surface area (Å²) < 4.78 is 18.0. The summed E-state index contributed by atoms with van der Waals surface area (Å²) in [5.41, 5.74) is 1.40. The molecule has 0 radical (unpaired) electrons. The molecule has 8 rings (SSSR count). The van der Waals surface area contributed by atoms with Gasteiger partial charge in [-0.05, 0) is 73.5 Å². The molecule has 226 valence electrons. The third-order valence-corrected chi connectivity index (χ3v) is 9.70. The van der Waals surface area contributed by atoms with Gasteiger partial charge in [0.15, 0.2) is 5.76 Å². The zero-order valence-electron chi connectivity index (χ0n) is 24.1. The quantitative estimate of drug-likeness (QED) is 0.187. The average Bonchev–Trinajstić information content (AvgIpc) is 3.43. The van der Waals surface area contributed by atoms with Crippen molar-refractivity contribution in [2.24, 2.45) is 23.2 Å². The smallest absolute Gasteiger partial charge is 0.360 e. The summed E-state index contributed by atoms with van der Waals surface area (Å²) >= 11 is 6.73. The molecule has 44 heavy (non-hydrogen) atoms. The van der Waals surface area contributed by atoms with Gasteiger partial charge in [-0.3, -0.25) is 4.79 Å². The number of rotatable bonds is 10. The van der Waals surface area contributed by atoms with Crippen LogP contribution in [0, 0.1) is 23.2 Å². The van der Waals surface area contributed by atoms with E-state index in [4.69, 9.17) is 25.6 Å². The van der Waals surface area contributed by atoms with Crippen molar-refractivity contribution in [3.05, 3.63) is 94.6 Å². The van der Waals surface area contributed by atoms with Gasteiger partial charge in [0.25, 0.3) is 0 Å². The fraction of sp³-hybridized carbons (Fsp3) is 0.343. The van der Waals surface area contributed by atoms with Gasteiger partial charge in [-0.15, -0.1) is 0 Å². The fourth-order valence-corrected chi connectivity index (χ4v) is 8.00. The minimum atomic E-state index is -1.30. The summed E-state index contributed by atoms with van der Waals surface area (Å²) in [5, 5.41) is 17.1. The maximum absolute atomic E-state index is 14.0. The molecule has 0 spiro atoms. The maximum Gasteiger partial charge on any atom is 0.360 e. The monoisotopic (exact) mass is 612 g/mol. The number of benzene rings is 3. The van der Waals surface area contributed by atoms with E-state index in [1.807, 2.05) is 60.7 Å². The zero-order valence-corrected chi connectivity index (χ0v) is 24.9. The Hall–Kier alpha value is -4.30. The lowest BCUT2D eigenvalue weighted by Crippen LogP contribution is -2.51. The van der Waals surface area contributed by atoms with E-state index in [0.29, 0.717) is 34.8 Å². The molecule has 1 heterocycles. The number of amides is 1. The number of hydrogen-bond acceptors (Lipinski definition) is 6. The first-order chi connectivity index (χ1) is 21.4. The second kappa shape index (κ2) is 11.7. The van der Waals surface area contributed by atoms with E-state index < -0.39 is 11.4 Å². The third-order valence-electron chi connectivity index (χ3n) is 9.41. The molecule has 0 aliphatic heterocycles. The Morgan fingerprint density at radius 2 is 1.41 bits per heavy atom.